The van der Waals surface area contributed by atoms with Crippen LogP contribution in [0, 0.1) is 0 Å². The average Bonchev–Trinajstić information content (AvgIpc) is 3.36. The van der Waals surface area contributed by atoms with E-state index in [2.05, 4.69) is 254 Å². The molecular formula is C62H41N. The zero-order chi connectivity index (χ0) is 41.7. The van der Waals surface area contributed by atoms with Crippen molar-refractivity contribution in [3.05, 3.63) is 249 Å². The number of rotatable bonds is 7. The smallest absolute Gasteiger partial charge is 0.0468 e. The molecule has 0 heterocycles. The first-order valence-corrected chi connectivity index (χ1v) is 21.7. The fraction of sp³-hybridized carbons (Fsp3) is 0. The van der Waals surface area contributed by atoms with E-state index in [9.17, 15) is 0 Å². The van der Waals surface area contributed by atoms with Crippen LogP contribution in [-0.2, 0) is 0 Å². The predicted octanol–water partition coefficient (Wildman–Crippen LogP) is 17.6. The lowest BCUT2D eigenvalue weighted by Crippen LogP contribution is -2.09. The highest BCUT2D eigenvalue weighted by molar-refractivity contribution is 6.16. The highest BCUT2D eigenvalue weighted by atomic mass is 15.1. The molecule has 1 heteroatoms. The van der Waals surface area contributed by atoms with Crippen LogP contribution in [0.15, 0.2) is 249 Å². The number of fused-ring (bicyclic) bond motifs is 7. The van der Waals surface area contributed by atoms with Crippen LogP contribution >= 0.6 is 0 Å². The summed E-state index contributed by atoms with van der Waals surface area (Å²) in [5.41, 5.74) is 13.0. The standard InChI is InChI=1S/C62H41N/c1-2-16-45-39-50(38-29-42(45)15-1)63(48-34-30-43(31-35-48)51-19-7-9-25-57(51)61-40-46-17-3-5-21-53(46)55-23-11-13-27-59(55)61)49-36-32-44(33-37-49)52-20-8-10-26-58(52)62-41-47-18-4-6-22-54(47)56-24-12-14-28-60(56)62/h1-41H. The van der Waals surface area contributed by atoms with Crippen molar-refractivity contribution < 1.29 is 0 Å². The van der Waals surface area contributed by atoms with Gasteiger partial charge in [0.05, 0.1) is 0 Å². The van der Waals surface area contributed by atoms with E-state index in [1.807, 2.05) is 0 Å². The van der Waals surface area contributed by atoms with E-state index >= 15 is 0 Å². The number of benzene rings is 12. The molecule has 0 fully saturated rings. The van der Waals surface area contributed by atoms with Gasteiger partial charge in [0.25, 0.3) is 0 Å². The fourth-order valence-electron chi connectivity index (χ4n) is 9.84. The molecular weight excluding hydrogens is 759 g/mol. The predicted molar refractivity (Wildman–Crippen MR) is 270 cm³/mol. The lowest BCUT2D eigenvalue weighted by molar-refractivity contribution is 1.29. The van der Waals surface area contributed by atoms with Crippen LogP contribution < -0.4 is 4.90 Å². The molecule has 12 aromatic carbocycles. The summed E-state index contributed by atoms with van der Waals surface area (Å²) >= 11 is 0. The van der Waals surface area contributed by atoms with E-state index < -0.39 is 0 Å². The first kappa shape index (κ1) is 36.6. The molecule has 0 aromatic heterocycles. The van der Waals surface area contributed by atoms with Gasteiger partial charge in [0.1, 0.15) is 0 Å². The number of hydrogen-bond donors (Lipinski definition) is 0. The molecule has 294 valence electrons. The van der Waals surface area contributed by atoms with Crippen LogP contribution in [0.2, 0.25) is 0 Å². The average molecular weight is 800 g/mol. The third-order valence-corrected chi connectivity index (χ3v) is 12.8. The summed E-state index contributed by atoms with van der Waals surface area (Å²) < 4.78 is 0. The van der Waals surface area contributed by atoms with Gasteiger partial charge in [0, 0.05) is 17.1 Å². The van der Waals surface area contributed by atoms with Gasteiger partial charge in [0.2, 0.25) is 0 Å². The molecule has 0 N–H and O–H groups in total. The molecule has 0 aliphatic rings. The Hall–Kier alpha value is -8.26. The van der Waals surface area contributed by atoms with Crippen molar-refractivity contribution in [2.75, 3.05) is 4.90 Å². The summed E-state index contributed by atoms with van der Waals surface area (Å²) in [4.78, 5) is 2.38. The van der Waals surface area contributed by atoms with Gasteiger partial charge >= 0.3 is 0 Å². The SMILES string of the molecule is c1ccc(-c2cc3ccccc3c3ccccc23)c(-c2ccc(N(c3ccc(-c4ccccc4-c4cc5ccccc5c5ccccc45)cc3)c3ccc4ccccc4c3)cc2)c1. The van der Waals surface area contributed by atoms with Gasteiger partial charge in [-0.1, -0.05) is 200 Å². The van der Waals surface area contributed by atoms with E-state index in [1.54, 1.807) is 0 Å². The molecule has 12 aromatic rings. The van der Waals surface area contributed by atoms with Crippen LogP contribution in [-0.4, -0.2) is 0 Å². The Labute approximate surface area is 367 Å². The summed E-state index contributed by atoms with van der Waals surface area (Å²) in [5.74, 6) is 0. The van der Waals surface area contributed by atoms with Gasteiger partial charge < -0.3 is 4.90 Å². The molecule has 0 aliphatic carbocycles. The van der Waals surface area contributed by atoms with Gasteiger partial charge in [-0.2, -0.15) is 0 Å². The van der Waals surface area contributed by atoms with Gasteiger partial charge in [0.15, 0.2) is 0 Å². The molecule has 0 unspecified atom stereocenters. The molecule has 0 saturated carbocycles. The van der Waals surface area contributed by atoms with Crippen molar-refractivity contribution in [3.8, 4) is 44.5 Å². The monoisotopic (exact) mass is 799 g/mol. The molecule has 1 nitrogen and oxygen atoms in total. The molecule has 0 saturated heterocycles. The molecule has 0 amide bonds. The lowest BCUT2D eigenvalue weighted by Gasteiger charge is -2.26. The highest BCUT2D eigenvalue weighted by Crippen LogP contribution is 2.44. The van der Waals surface area contributed by atoms with Crippen molar-refractivity contribution in [1.29, 1.82) is 0 Å². The minimum absolute atomic E-state index is 1.10. The van der Waals surface area contributed by atoms with Crippen LogP contribution in [0.1, 0.15) is 0 Å². The Morgan fingerprint density at radius 1 is 0.190 bits per heavy atom. The largest absolute Gasteiger partial charge is 0.310 e. The maximum absolute atomic E-state index is 2.38. The third-order valence-electron chi connectivity index (χ3n) is 12.8. The molecule has 12 rings (SSSR count). The zero-order valence-corrected chi connectivity index (χ0v) is 34.6. The van der Waals surface area contributed by atoms with E-state index in [1.165, 1.54) is 98.4 Å². The second-order valence-electron chi connectivity index (χ2n) is 16.4. The Bertz CT molecular complexity index is 3470. The van der Waals surface area contributed by atoms with Gasteiger partial charge in [-0.05, 0) is 147 Å². The summed E-state index contributed by atoms with van der Waals surface area (Å²) in [6, 6.07) is 91.0. The summed E-state index contributed by atoms with van der Waals surface area (Å²) in [7, 11) is 0. The molecule has 0 radical (unpaired) electrons. The van der Waals surface area contributed by atoms with Crippen molar-refractivity contribution in [2.24, 2.45) is 0 Å². The summed E-state index contributed by atoms with van der Waals surface area (Å²) in [5, 5.41) is 12.6. The van der Waals surface area contributed by atoms with Crippen LogP contribution in [0.3, 0.4) is 0 Å². The maximum Gasteiger partial charge on any atom is 0.0468 e. The number of nitrogens with zero attached hydrogens (tertiary/aromatic N) is 1. The fourth-order valence-corrected chi connectivity index (χ4v) is 9.84. The molecule has 0 aliphatic heterocycles. The second kappa shape index (κ2) is 15.3. The Kier molecular flexibility index (Phi) is 8.90. The molecule has 0 spiro atoms. The van der Waals surface area contributed by atoms with Crippen molar-refractivity contribution in [3.63, 3.8) is 0 Å². The van der Waals surface area contributed by atoms with Gasteiger partial charge in [-0.25, -0.2) is 0 Å². The Morgan fingerprint density at radius 3 is 1.02 bits per heavy atom. The summed E-state index contributed by atoms with van der Waals surface area (Å²) in [6.07, 6.45) is 0. The van der Waals surface area contributed by atoms with E-state index in [4.69, 9.17) is 0 Å². The van der Waals surface area contributed by atoms with Crippen LogP contribution in [0.5, 0.6) is 0 Å². The maximum atomic E-state index is 2.38. The normalized spacial score (nSPS) is 11.5. The molecule has 0 bridgehead atoms. The van der Waals surface area contributed by atoms with Crippen molar-refractivity contribution in [1.82, 2.24) is 0 Å². The highest BCUT2D eigenvalue weighted by Gasteiger charge is 2.18. The van der Waals surface area contributed by atoms with Crippen LogP contribution in [0.4, 0.5) is 17.1 Å². The quantitative estimate of drug-likeness (QED) is 0.145. The van der Waals surface area contributed by atoms with Gasteiger partial charge in [-0.3, -0.25) is 0 Å². The third kappa shape index (κ3) is 6.42. The molecule has 63 heavy (non-hydrogen) atoms. The summed E-state index contributed by atoms with van der Waals surface area (Å²) in [6.45, 7) is 0. The minimum atomic E-state index is 1.10. The first-order valence-electron chi connectivity index (χ1n) is 21.7. The van der Waals surface area contributed by atoms with Crippen LogP contribution in [0.25, 0.3) is 98.4 Å². The minimum Gasteiger partial charge on any atom is -0.310 e. The topological polar surface area (TPSA) is 3.24 Å². The molecule has 0 atom stereocenters. The lowest BCUT2D eigenvalue weighted by atomic mass is 9.89. The van der Waals surface area contributed by atoms with Crippen molar-refractivity contribution >= 4 is 70.9 Å². The second-order valence-corrected chi connectivity index (χ2v) is 16.4. The van der Waals surface area contributed by atoms with E-state index in [0.29, 0.717) is 0 Å². The van der Waals surface area contributed by atoms with E-state index in [0.717, 1.165) is 17.1 Å². The van der Waals surface area contributed by atoms with Gasteiger partial charge in [-0.15, -0.1) is 0 Å². The van der Waals surface area contributed by atoms with Crippen molar-refractivity contribution in [2.45, 2.75) is 0 Å². The zero-order valence-electron chi connectivity index (χ0n) is 34.6. The number of hydrogen-bond acceptors (Lipinski definition) is 1. The van der Waals surface area contributed by atoms with E-state index in [-0.39, 0.29) is 0 Å². The Morgan fingerprint density at radius 2 is 0.540 bits per heavy atom. The number of anilines is 3. The Balaban J connectivity index is 0.955. The first-order chi connectivity index (χ1) is 31.2.